The third kappa shape index (κ3) is 4.01. The smallest absolute Gasteiger partial charge is 0.150 e. The number of hydrogen-bond donors (Lipinski definition) is 1. The van der Waals surface area contributed by atoms with E-state index in [1.54, 1.807) is 24.3 Å². The third-order valence-corrected chi connectivity index (χ3v) is 7.56. The van der Waals surface area contributed by atoms with Gasteiger partial charge in [0.25, 0.3) is 0 Å². The Labute approximate surface area is 186 Å². The maximum atomic E-state index is 14.3. The van der Waals surface area contributed by atoms with E-state index in [9.17, 15) is 8.78 Å². The maximum Gasteiger partial charge on any atom is 0.150 e. The summed E-state index contributed by atoms with van der Waals surface area (Å²) in [6, 6.07) is 8.27. The molecule has 1 saturated heterocycles. The fraction of sp³-hybridized carbons (Fsp3) is 0.458. The maximum absolute atomic E-state index is 14.3. The summed E-state index contributed by atoms with van der Waals surface area (Å²) in [4.78, 5) is 4.68. The lowest BCUT2D eigenvalue weighted by molar-refractivity contribution is 0.260. The second-order valence-electron chi connectivity index (χ2n) is 9.27. The van der Waals surface area contributed by atoms with Gasteiger partial charge in [-0.05, 0) is 71.2 Å². The molecule has 164 valence electrons. The monoisotopic (exact) mass is 442 g/mol. The Balaban J connectivity index is 1.25. The van der Waals surface area contributed by atoms with Crippen LogP contribution in [0.2, 0.25) is 0 Å². The molecule has 7 heteroatoms. The van der Waals surface area contributed by atoms with Gasteiger partial charge in [-0.2, -0.15) is 4.37 Å². The summed E-state index contributed by atoms with van der Waals surface area (Å²) in [6.45, 7) is 9.80. The van der Waals surface area contributed by atoms with Crippen LogP contribution in [-0.4, -0.2) is 48.5 Å². The second kappa shape index (κ2) is 8.02. The minimum absolute atomic E-state index is 0.00115. The molecule has 1 fully saturated rings. The molecule has 5 rings (SSSR count). The van der Waals surface area contributed by atoms with E-state index in [4.69, 9.17) is 0 Å². The van der Waals surface area contributed by atoms with Gasteiger partial charge in [-0.25, -0.2) is 8.78 Å². The summed E-state index contributed by atoms with van der Waals surface area (Å²) >= 11 is 1.42. The number of halogens is 2. The van der Waals surface area contributed by atoms with Crippen molar-refractivity contribution in [2.45, 2.75) is 32.1 Å². The lowest BCUT2D eigenvalue weighted by Gasteiger charge is -2.36. The number of hydrogen-bond acceptors (Lipinski definition) is 5. The van der Waals surface area contributed by atoms with Crippen LogP contribution in [0.25, 0.3) is 10.1 Å². The normalized spacial score (nSPS) is 18.8. The standard InChI is InChI=1S/C24H28F2N4S/c1-24(2)6-7-27-22-16(13-18(26)15-20(22)24)5-8-29-9-11-30(12-10-29)23-19-14-17(25)3-4-21(19)31-28-23/h3-4,13-15,27H,5-12H2,1-2H3. The molecular formula is C24H28F2N4S. The van der Waals surface area contributed by atoms with Crippen LogP contribution in [0.1, 0.15) is 31.4 Å². The topological polar surface area (TPSA) is 31.4 Å². The predicted molar refractivity (Wildman–Crippen MR) is 124 cm³/mol. The molecule has 1 N–H and O–H groups in total. The molecular weight excluding hydrogens is 414 g/mol. The summed E-state index contributed by atoms with van der Waals surface area (Å²) in [5, 5.41) is 4.42. The number of rotatable bonds is 4. The first-order chi connectivity index (χ1) is 14.9. The zero-order valence-corrected chi connectivity index (χ0v) is 18.9. The van der Waals surface area contributed by atoms with Crippen LogP contribution in [0.3, 0.4) is 0 Å². The van der Waals surface area contributed by atoms with E-state index in [0.29, 0.717) is 0 Å². The Morgan fingerprint density at radius 3 is 2.68 bits per heavy atom. The van der Waals surface area contributed by atoms with Gasteiger partial charge in [0, 0.05) is 50.3 Å². The van der Waals surface area contributed by atoms with Crippen molar-refractivity contribution in [1.82, 2.24) is 9.27 Å². The molecule has 0 spiro atoms. The van der Waals surface area contributed by atoms with Crippen molar-refractivity contribution in [3.8, 4) is 0 Å². The van der Waals surface area contributed by atoms with Crippen molar-refractivity contribution < 1.29 is 8.78 Å². The Bertz CT molecular complexity index is 1100. The molecule has 0 atom stereocenters. The number of anilines is 2. The van der Waals surface area contributed by atoms with Crippen LogP contribution >= 0.6 is 11.5 Å². The van der Waals surface area contributed by atoms with E-state index in [1.165, 1.54) is 17.6 Å². The van der Waals surface area contributed by atoms with Gasteiger partial charge in [-0.15, -0.1) is 0 Å². The van der Waals surface area contributed by atoms with Gasteiger partial charge in [-0.1, -0.05) is 13.8 Å². The van der Waals surface area contributed by atoms with Crippen molar-refractivity contribution in [3.63, 3.8) is 0 Å². The van der Waals surface area contributed by atoms with E-state index >= 15 is 0 Å². The lowest BCUT2D eigenvalue weighted by Crippen LogP contribution is -2.47. The Morgan fingerprint density at radius 1 is 1.06 bits per heavy atom. The molecule has 2 aromatic carbocycles. The zero-order valence-electron chi connectivity index (χ0n) is 18.0. The van der Waals surface area contributed by atoms with E-state index in [2.05, 4.69) is 33.3 Å². The van der Waals surface area contributed by atoms with E-state index in [-0.39, 0.29) is 17.0 Å². The molecule has 3 aromatic rings. The molecule has 0 unspecified atom stereocenters. The number of fused-ring (bicyclic) bond motifs is 2. The van der Waals surface area contributed by atoms with Crippen molar-refractivity contribution in [1.29, 1.82) is 0 Å². The van der Waals surface area contributed by atoms with Gasteiger partial charge in [0.15, 0.2) is 0 Å². The molecule has 0 bridgehead atoms. The minimum atomic E-state index is -0.220. The van der Waals surface area contributed by atoms with Gasteiger partial charge in [-0.3, -0.25) is 4.90 Å². The van der Waals surface area contributed by atoms with Crippen molar-refractivity contribution >= 4 is 33.1 Å². The summed E-state index contributed by atoms with van der Waals surface area (Å²) in [7, 11) is 0. The highest BCUT2D eigenvalue weighted by Gasteiger charge is 2.30. The van der Waals surface area contributed by atoms with Gasteiger partial charge in [0.1, 0.15) is 17.5 Å². The van der Waals surface area contributed by atoms with E-state index in [0.717, 1.165) is 84.8 Å². The van der Waals surface area contributed by atoms with E-state index in [1.807, 2.05) is 0 Å². The average molecular weight is 443 g/mol. The molecule has 0 aliphatic carbocycles. The van der Waals surface area contributed by atoms with Crippen molar-refractivity contribution in [3.05, 3.63) is 53.1 Å². The zero-order chi connectivity index (χ0) is 21.6. The van der Waals surface area contributed by atoms with Gasteiger partial charge in [0.2, 0.25) is 0 Å². The molecule has 0 radical (unpaired) electrons. The molecule has 0 amide bonds. The second-order valence-corrected chi connectivity index (χ2v) is 10.1. The van der Waals surface area contributed by atoms with Crippen molar-refractivity contribution in [2.24, 2.45) is 0 Å². The van der Waals surface area contributed by atoms with Crippen LogP contribution in [0.15, 0.2) is 30.3 Å². The largest absolute Gasteiger partial charge is 0.385 e. The first-order valence-electron chi connectivity index (χ1n) is 11.0. The van der Waals surface area contributed by atoms with Crippen LogP contribution < -0.4 is 10.2 Å². The van der Waals surface area contributed by atoms with Gasteiger partial charge < -0.3 is 10.2 Å². The predicted octanol–water partition coefficient (Wildman–Crippen LogP) is 5.03. The highest BCUT2D eigenvalue weighted by Crippen LogP contribution is 2.39. The number of nitrogens with one attached hydrogen (secondary N) is 1. The Kier molecular flexibility index (Phi) is 5.34. The molecule has 1 aromatic heterocycles. The quantitative estimate of drug-likeness (QED) is 0.614. The number of nitrogens with zero attached hydrogens (tertiary/aromatic N) is 3. The lowest BCUT2D eigenvalue weighted by atomic mass is 9.77. The Morgan fingerprint density at radius 2 is 1.87 bits per heavy atom. The van der Waals surface area contributed by atoms with Gasteiger partial charge >= 0.3 is 0 Å². The highest BCUT2D eigenvalue weighted by atomic mass is 32.1. The minimum Gasteiger partial charge on any atom is -0.385 e. The average Bonchev–Trinajstić information content (AvgIpc) is 3.16. The first kappa shape index (κ1) is 20.6. The molecule has 4 nitrogen and oxygen atoms in total. The summed E-state index contributed by atoms with van der Waals surface area (Å²) in [5.41, 5.74) is 3.30. The van der Waals surface area contributed by atoms with Crippen molar-refractivity contribution in [2.75, 3.05) is 49.5 Å². The van der Waals surface area contributed by atoms with Crippen LogP contribution in [-0.2, 0) is 11.8 Å². The molecule has 31 heavy (non-hydrogen) atoms. The first-order valence-corrected chi connectivity index (χ1v) is 11.8. The number of aromatic nitrogens is 1. The summed E-state index contributed by atoms with van der Waals surface area (Å²) in [5.74, 6) is 0.533. The summed E-state index contributed by atoms with van der Waals surface area (Å²) < 4.78 is 33.6. The fourth-order valence-corrected chi connectivity index (χ4v) is 5.60. The van der Waals surface area contributed by atoms with Crippen LogP contribution in [0.4, 0.5) is 20.3 Å². The number of piperazine rings is 1. The van der Waals surface area contributed by atoms with Crippen LogP contribution in [0, 0.1) is 11.6 Å². The molecule has 0 saturated carbocycles. The molecule has 2 aliphatic heterocycles. The Hall–Kier alpha value is -2.25. The van der Waals surface area contributed by atoms with E-state index < -0.39 is 0 Å². The van der Waals surface area contributed by atoms with Crippen LogP contribution in [0.5, 0.6) is 0 Å². The number of benzene rings is 2. The third-order valence-electron chi connectivity index (χ3n) is 6.75. The van der Waals surface area contributed by atoms with Gasteiger partial charge in [0.05, 0.1) is 4.70 Å². The fourth-order valence-electron chi connectivity index (χ4n) is 4.83. The molecule has 3 heterocycles. The highest BCUT2D eigenvalue weighted by molar-refractivity contribution is 7.13. The molecule has 2 aliphatic rings. The summed E-state index contributed by atoms with van der Waals surface area (Å²) in [6.07, 6.45) is 1.84. The SMILES string of the molecule is CC1(C)CCNc2c(CCN3CCN(c4nsc5ccc(F)cc45)CC3)cc(F)cc21.